The number of fused-ring (bicyclic) bond motifs is 1. The van der Waals surface area contributed by atoms with Gasteiger partial charge in [-0.05, 0) is 38.5 Å². The number of ketones is 1. The van der Waals surface area contributed by atoms with Crippen LogP contribution in [0.2, 0.25) is 0 Å². The topological polar surface area (TPSA) is 66.8 Å². The first kappa shape index (κ1) is 13.5. The van der Waals surface area contributed by atoms with E-state index in [0.29, 0.717) is 30.0 Å². The fourth-order valence-electron chi connectivity index (χ4n) is 2.09. The quantitative estimate of drug-likeness (QED) is 0.833. The molecule has 2 rings (SSSR count). The molecule has 0 saturated heterocycles. The molecule has 0 radical (unpaired) electrons. The Labute approximate surface area is 111 Å². The Morgan fingerprint density at radius 3 is 2.84 bits per heavy atom. The molecule has 5 heteroatoms. The molecule has 5 nitrogen and oxygen atoms in total. The van der Waals surface area contributed by atoms with E-state index in [0.717, 1.165) is 0 Å². The zero-order valence-corrected chi connectivity index (χ0v) is 11.0. The second-order valence-corrected chi connectivity index (χ2v) is 4.57. The summed E-state index contributed by atoms with van der Waals surface area (Å²) in [5, 5.41) is 8.92. The van der Waals surface area contributed by atoms with Crippen molar-refractivity contribution >= 4 is 17.4 Å². The van der Waals surface area contributed by atoms with Crippen LogP contribution in [0.25, 0.3) is 0 Å². The van der Waals surface area contributed by atoms with Crippen LogP contribution in [0.15, 0.2) is 18.2 Å². The SMILES string of the molecule is CC(=O)c1ccc2c(c1)N(CCCO)C(=O)C(C)O2. The van der Waals surface area contributed by atoms with Crippen LogP contribution in [0.1, 0.15) is 30.6 Å². The van der Waals surface area contributed by atoms with Crippen LogP contribution in [0.5, 0.6) is 5.75 Å². The summed E-state index contributed by atoms with van der Waals surface area (Å²) in [6, 6.07) is 5.06. The van der Waals surface area contributed by atoms with Crippen molar-refractivity contribution in [2.75, 3.05) is 18.1 Å². The van der Waals surface area contributed by atoms with Gasteiger partial charge < -0.3 is 14.7 Å². The first-order valence-electron chi connectivity index (χ1n) is 6.28. The van der Waals surface area contributed by atoms with E-state index >= 15 is 0 Å². The minimum Gasteiger partial charge on any atom is -0.479 e. The van der Waals surface area contributed by atoms with Gasteiger partial charge in [-0.25, -0.2) is 0 Å². The molecule has 1 aliphatic rings. The highest BCUT2D eigenvalue weighted by molar-refractivity contribution is 6.02. The lowest BCUT2D eigenvalue weighted by molar-refractivity contribution is -0.125. The summed E-state index contributed by atoms with van der Waals surface area (Å²) in [6.45, 7) is 3.60. The average Bonchev–Trinajstić information content (AvgIpc) is 2.39. The van der Waals surface area contributed by atoms with E-state index in [2.05, 4.69) is 0 Å². The number of benzene rings is 1. The highest BCUT2D eigenvalue weighted by Crippen LogP contribution is 2.35. The number of aliphatic hydroxyl groups is 1. The number of hydrogen-bond donors (Lipinski definition) is 1. The molecule has 1 aromatic rings. The zero-order valence-electron chi connectivity index (χ0n) is 11.0. The summed E-state index contributed by atoms with van der Waals surface area (Å²) in [5.41, 5.74) is 1.14. The number of amides is 1. The monoisotopic (exact) mass is 263 g/mol. The minimum atomic E-state index is -0.547. The van der Waals surface area contributed by atoms with Crippen LogP contribution < -0.4 is 9.64 Å². The molecule has 1 unspecified atom stereocenters. The van der Waals surface area contributed by atoms with Crippen molar-refractivity contribution in [2.24, 2.45) is 0 Å². The van der Waals surface area contributed by atoms with E-state index in [1.54, 1.807) is 30.0 Å². The summed E-state index contributed by atoms with van der Waals surface area (Å²) in [4.78, 5) is 25.1. The van der Waals surface area contributed by atoms with Crippen molar-refractivity contribution < 1.29 is 19.4 Å². The summed E-state index contributed by atoms with van der Waals surface area (Å²) in [7, 11) is 0. The molecule has 0 spiro atoms. The molecule has 0 saturated carbocycles. The molecule has 1 aliphatic heterocycles. The zero-order chi connectivity index (χ0) is 14.0. The number of ether oxygens (including phenoxy) is 1. The number of aliphatic hydroxyl groups excluding tert-OH is 1. The van der Waals surface area contributed by atoms with E-state index in [-0.39, 0.29) is 18.3 Å². The van der Waals surface area contributed by atoms with Crippen molar-refractivity contribution in [1.82, 2.24) is 0 Å². The van der Waals surface area contributed by atoms with Gasteiger partial charge in [-0.1, -0.05) is 0 Å². The molecule has 0 aliphatic carbocycles. The Hall–Kier alpha value is -1.88. The van der Waals surface area contributed by atoms with Gasteiger partial charge in [0.05, 0.1) is 5.69 Å². The van der Waals surface area contributed by atoms with Gasteiger partial charge in [-0.2, -0.15) is 0 Å². The molecular formula is C14H17NO4. The van der Waals surface area contributed by atoms with E-state index in [9.17, 15) is 9.59 Å². The molecule has 0 fully saturated rings. The van der Waals surface area contributed by atoms with E-state index in [1.807, 2.05) is 0 Å². The normalized spacial score (nSPS) is 17.9. The molecular weight excluding hydrogens is 246 g/mol. The van der Waals surface area contributed by atoms with E-state index in [4.69, 9.17) is 9.84 Å². The maximum atomic E-state index is 12.1. The molecule has 0 aromatic heterocycles. The van der Waals surface area contributed by atoms with Gasteiger partial charge in [-0.15, -0.1) is 0 Å². The lowest BCUT2D eigenvalue weighted by atomic mass is 10.1. The second kappa shape index (κ2) is 5.40. The van der Waals surface area contributed by atoms with Gasteiger partial charge in [0.2, 0.25) is 0 Å². The Balaban J connectivity index is 2.41. The highest BCUT2D eigenvalue weighted by Gasteiger charge is 2.31. The average molecular weight is 263 g/mol. The first-order chi connectivity index (χ1) is 9.04. The Bertz CT molecular complexity index is 512. The van der Waals surface area contributed by atoms with Gasteiger partial charge in [0.25, 0.3) is 5.91 Å². The summed E-state index contributed by atoms with van der Waals surface area (Å²) >= 11 is 0. The van der Waals surface area contributed by atoms with Crippen molar-refractivity contribution in [3.05, 3.63) is 23.8 Å². The number of carbonyl (C=O) groups is 2. The third-order valence-electron chi connectivity index (χ3n) is 3.11. The smallest absolute Gasteiger partial charge is 0.267 e. The van der Waals surface area contributed by atoms with Crippen LogP contribution in [0.3, 0.4) is 0 Å². The van der Waals surface area contributed by atoms with Crippen molar-refractivity contribution in [2.45, 2.75) is 26.4 Å². The molecule has 1 amide bonds. The Morgan fingerprint density at radius 2 is 2.21 bits per heavy atom. The second-order valence-electron chi connectivity index (χ2n) is 4.57. The number of Topliss-reactive ketones (excluding diaryl/α,β-unsaturated/α-hetero) is 1. The molecule has 1 heterocycles. The maximum Gasteiger partial charge on any atom is 0.267 e. The van der Waals surface area contributed by atoms with Crippen LogP contribution in [0.4, 0.5) is 5.69 Å². The third kappa shape index (κ3) is 2.61. The molecule has 19 heavy (non-hydrogen) atoms. The van der Waals surface area contributed by atoms with Gasteiger partial charge in [0, 0.05) is 18.7 Å². The van der Waals surface area contributed by atoms with Gasteiger partial charge in [0.1, 0.15) is 5.75 Å². The first-order valence-corrected chi connectivity index (χ1v) is 6.28. The molecule has 1 aromatic carbocycles. The number of anilines is 1. The van der Waals surface area contributed by atoms with E-state index < -0.39 is 6.10 Å². The largest absolute Gasteiger partial charge is 0.479 e. The number of rotatable bonds is 4. The van der Waals surface area contributed by atoms with Crippen molar-refractivity contribution in [3.8, 4) is 5.75 Å². The molecule has 102 valence electrons. The Morgan fingerprint density at radius 1 is 1.47 bits per heavy atom. The van der Waals surface area contributed by atoms with Gasteiger partial charge >= 0.3 is 0 Å². The Kier molecular flexibility index (Phi) is 3.85. The highest BCUT2D eigenvalue weighted by atomic mass is 16.5. The van der Waals surface area contributed by atoms with Crippen LogP contribution in [0, 0.1) is 0 Å². The molecule has 0 bridgehead atoms. The minimum absolute atomic E-state index is 0.0146. The van der Waals surface area contributed by atoms with Crippen molar-refractivity contribution in [3.63, 3.8) is 0 Å². The van der Waals surface area contributed by atoms with Gasteiger partial charge in [-0.3, -0.25) is 9.59 Å². The summed E-state index contributed by atoms with van der Waals surface area (Å²) in [6.07, 6.45) is -0.0586. The van der Waals surface area contributed by atoms with E-state index in [1.165, 1.54) is 6.92 Å². The number of nitrogens with zero attached hydrogens (tertiary/aromatic N) is 1. The van der Waals surface area contributed by atoms with Crippen LogP contribution >= 0.6 is 0 Å². The third-order valence-corrected chi connectivity index (χ3v) is 3.11. The summed E-state index contributed by atoms with van der Waals surface area (Å²) < 4.78 is 5.52. The van der Waals surface area contributed by atoms with Crippen LogP contribution in [-0.4, -0.2) is 36.1 Å². The predicted octanol–water partition coefficient (Wildman–Crippen LogP) is 1.39. The fraction of sp³-hybridized carbons (Fsp3) is 0.429. The predicted molar refractivity (Wildman–Crippen MR) is 70.6 cm³/mol. The summed E-state index contributed by atoms with van der Waals surface area (Å²) in [5.74, 6) is 0.382. The number of carbonyl (C=O) groups excluding carboxylic acids is 2. The lowest BCUT2D eigenvalue weighted by Gasteiger charge is -2.33. The van der Waals surface area contributed by atoms with Crippen molar-refractivity contribution in [1.29, 1.82) is 0 Å². The fourth-order valence-corrected chi connectivity index (χ4v) is 2.09. The maximum absolute atomic E-state index is 12.1. The van der Waals surface area contributed by atoms with Crippen LogP contribution in [-0.2, 0) is 4.79 Å². The molecule has 1 atom stereocenters. The standard InChI is InChI=1S/C14H17NO4/c1-9(17)11-4-5-13-12(8-11)15(6-3-7-16)14(18)10(2)19-13/h4-5,8,10,16H,3,6-7H2,1-2H3. The number of hydrogen-bond acceptors (Lipinski definition) is 4. The van der Waals surface area contributed by atoms with Gasteiger partial charge in [0.15, 0.2) is 11.9 Å². The lowest BCUT2D eigenvalue weighted by Crippen LogP contribution is -2.45. The molecule has 1 N–H and O–H groups in total.